The second kappa shape index (κ2) is 8.15. The summed E-state index contributed by atoms with van der Waals surface area (Å²) in [6, 6.07) is 6.25. The smallest absolute Gasteiger partial charge is 0.198 e. The average Bonchev–Trinajstić information content (AvgIpc) is 2.39. The molecule has 0 aliphatic rings. The van der Waals surface area contributed by atoms with Crippen molar-refractivity contribution in [2.45, 2.75) is 26.1 Å². The predicted molar refractivity (Wildman–Crippen MR) is 79.2 cm³/mol. The van der Waals surface area contributed by atoms with Crippen molar-refractivity contribution >= 4 is 21.2 Å². The van der Waals surface area contributed by atoms with Crippen molar-refractivity contribution in [3.05, 3.63) is 35.6 Å². The first-order chi connectivity index (χ1) is 9.08. The van der Waals surface area contributed by atoms with Gasteiger partial charge in [0.25, 0.3) is 0 Å². The van der Waals surface area contributed by atoms with Gasteiger partial charge in [0.1, 0.15) is 11.1 Å². The van der Waals surface area contributed by atoms with E-state index in [0.29, 0.717) is 13.2 Å². The highest BCUT2D eigenvalue weighted by Crippen LogP contribution is 2.55. The summed E-state index contributed by atoms with van der Waals surface area (Å²) in [6.45, 7) is 6.83. The third-order valence-corrected chi connectivity index (χ3v) is 4.76. The third kappa shape index (κ3) is 4.38. The van der Waals surface area contributed by atoms with Gasteiger partial charge >= 0.3 is 0 Å². The number of hydrogen-bond donors (Lipinski definition) is 3. The summed E-state index contributed by atoms with van der Waals surface area (Å²) in [7, 11) is -1.24. The van der Waals surface area contributed by atoms with Gasteiger partial charge in [-0.25, -0.2) is 14.6 Å². The number of rotatable bonds is 8. The Hall–Kier alpha value is -0.230. The SMILES string of the molecule is CCOP(OCC)[C@@](C)(NNS)c1ccc(F)cc1. The van der Waals surface area contributed by atoms with Gasteiger partial charge in [0.2, 0.25) is 0 Å². The Bertz CT molecular complexity index is 376. The molecule has 0 radical (unpaired) electrons. The van der Waals surface area contributed by atoms with Gasteiger partial charge in [-0.05, 0) is 38.5 Å². The number of hydrogen-bond acceptors (Lipinski definition) is 5. The standard InChI is InChI=1S/C12H20FN2O2PS/c1-4-16-18(17-5-2)12(3,14-15-19)10-6-8-11(13)9-7-10/h6-9,14-15,19H,4-5H2,1-3H3/t12-/m1/s1. The van der Waals surface area contributed by atoms with E-state index in [1.165, 1.54) is 12.1 Å². The fraction of sp³-hybridized carbons (Fsp3) is 0.500. The first-order valence-electron chi connectivity index (χ1n) is 6.06. The molecule has 108 valence electrons. The molecule has 0 aliphatic carbocycles. The second-order valence-electron chi connectivity index (χ2n) is 3.91. The summed E-state index contributed by atoms with van der Waals surface area (Å²) in [5.41, 5.74) is 3.90. The van der Waals surface area contributed by atoms with Crippen LogP contribution in [0.15, 0.2) is 24.3 Å². The lowest BCUT2D eigenvalue weighted by Crippen LogP contribution is -2.43. The maximum absolute atomic E-state index is 13.0. The Morgan fingerprint density at radius 2 is 1.74 bits per heavy atom. The summed E-state index contributed by atoms with van der Waals surface area (Å²) < 4.78 is 24.4. The molecule has 2 N–H and O–H groups in total. The van der Waals surface area contributed by atoms with Crippen molar-refractivity contribution in [3.8, 4) is 0 Å². The Labute approximate surface area is 120 Å². The average molecular weight is 306 g/mol. The molecule has 0 aliphatic heterocycles. The zero-order valence-electron chi connectivity index (χ0n) is 11.3. The second-order valence-corrected chi connectivity index (χ2v) is 6.06. The maximum atomic E-state index is 13.0. The topological polar surface area (TPSA) is 42.5 Å². The van der Waals surface area contributed by atoms with Crippen molar-refractivity contribution in [2.75, 3.05) is 13.2 Å². The van der Waals surface area contributed by atoms with E-state index >= 15 is 0 Å². The van der Waals surface area contributed by atoms with Crippen LogP contribution in [0.5, 0.6) is 0 Å². The van der Waals surface area contributed by atoms with E-state index in [0.717, 1.165) is 5.56 Å². The zero-order valence-corrected chi connectivity index (χ0v) is 13.1. The molecule has 19 heavy (non-hydrogen) atoms. The van der Waals surface area contributed by atoms with Gasteiger partial charge in [0, 0.05) is 0 Å². The maximum Gasteiger partial charge on any atom is 0.198 e. The molecule has 1 aromatic carbocycles. The van der Waals surface area contributed by atoms with E-state index in [1.807, 2.05) is 20.8 Å². The summed E-state index contributed by atoms with van der Waals surface area (Å²) in [5, 5.41) is -0.628. The Morgan fingerprint density at radius 3 is 2.16 bits per heavy atom. The van der Waals surface area contributed by atoms with Crippen molar-refractivity contribution in [1.82, 2.24) is 10.3 Å². The fourth-order valence-corrected chi connectivity index (χ4v) is 3.52. The first kappa shape index (κ1) is 16.8. The van der Waals surface area contributed by atoms with Crippen LogP contribution in [0.25, 0.3) is 0 Å². The van der Waals surface area contributed by atoms with Crippen molar-refractivity contribution in [1.29, 1.82) is 0 Å². The fourth-order valence-electron chi connectivity index (χ4n) is 1.64. The minimum Gasteiger partial charge on any atom is -0.333 e. The minimum atomic E-state index is -1.24. The Kier molecular flexibility index (Phi) is 7.21. The minimum absolute atomic E-state index is 0.276. The van der Waals surface area contributed by atoms with Crippen LogP contribution in [0, 0.1) is 5.82 Å². The summed E-state index contributed by atoms with van der Waals surface area (Å²) in [6.07, 6.45) is 0. The highest BCUT2D eigenvalue weighted by molar-refractivity contribution is 7.78. The summed E-state index contributed by atoms with van der Waals surface area (Å²) in [5.74, 6) is -0.276. The molecule has 0 aromatic heterocycles. The molecule has 0 fully saturated rings. The van der Waals surface area contributed by atoms with Crippen LogP contribution < -0.4 is 10.3 Å². The van der Waals surface area contributed by atoms with Gasteiger partial charge in [-0.1, -0.05) is 24.9 Å². The van der Waals surface area contributed by atoms with Gasteiger partial charge in [-0.3, -0.25) is 0 Å². The summed E-state index contributed by atoms with van der Waals surface area (Å²) >= 11 is 3.98. The van der Waals surface area contributed by atoms with E-state index in [2.05, 4.69) is 23.1 Å². The number of nitrogens with one attached hydrogen (secondary N) is 2. The molecular formula is C12H20FN2O2PS. The van der Waals surface area contributed by atoms with Crippen LogP contribution in [0.3, 0.4) is 0 Å². The lowest BCUT2D eigenvalue weighted by molar-refractivity contribution is 0.238. The molecule has 1 aromatic rings. The van der Waals surface area contributed by atoms with E-state index in [9.17, 15) is 4.39 Å². The molecule has 1 rings (SSSR count). The van der Waals surface area contributed by atoms with Crippen molar-refractivity contribution in [2.24, 2.45) is 0 Å². The normalized spacial score (nSPS) is 14.6. The van der Waals surface area contributed by atoms with Gasteiger partial charge in [0.15, 0.2) is 8.38 Å². The molecule has 4 nitrogen and oxygen atoms in total. The highest BCUT2D eigenvalue weighted by Gasteiger charge is 2.38. The van der Waals surface area contributed by atoms with Crippen LogP contribution >= 0.6 is 21.2 Å². The van der Waals surface area contributed by atoms with Crippen LogP contribution in [0.4, 0.5) is 4.39 Å². The molecule has 0 heterocycles. The third-order valence-electron chi connectivity index (χ3n) is 2.56. The van der Waals surface area contributed by atoms with E-state index < -0.39 is 13.7 Å². The van der Waals surface area contributed by atoms with E-state index in [4.69, 9.17) is 9.05 Å². The number of halogens is 1. The molecule has 7 heteroatoms. The molecule has 0 saturated heterocycles. The quantitative estimate of drug-likeness (QED) is 0.391. The highest BCUT2D eigenvalue weighted by atomic mass is 32.1. The van der Waals surface area contributed by atoms with Gasteiger partial charge in [-0.2, -0.15) is 0 Å². The summed E-state index contributed by atoms with van der Waals surface area (Å²) in [4.78, 5) is 2.63. The number of thiol groups is 1. The molecule has 0 amide bonds. The first-order valence-corrected chi connectivity index (χ1v) is 7.69. The molecule has 0 bridgehead atoms. The van der Waals surface area contributed by atoms with Crippen LogP contribution in [-0.2, 0) is 14.3 Å². The van der Waals surface area contributed by atoms with E-state index in [-0.39, 0.29) is 5.82 Å². The van der Waals surface area contributed by atoms with Crippen LogP contribution in [0.2, 0.25) is 0 Å². The largest absolute Gasteiger partial charge is 0.333 e. The number of hydrazine groups is 1. The van der Waals surface area contributed by atoms with Crippen molar-refractivity contribution in [3.63, 3.8) is 0 Å². The Morgan fingerprint density at radius 1 is 1.21 bits per heavy atom. The van der Waals surface area contributed by atoms with Crippen LogP contribution in [0.1, 0.15) is 26.3 Å². The van der Waals surface area contributed by atoms with Gasteiger partial charge in [-0.15, -0.1) is 0 Å². The van der Waals surface area contributed by atoms with Gasteiger partial charge < -0.3 is 9.05 Å². The Balaban J connectivity index is 3.08. The molecular weight excluding hydrogens is 286 g/mol. The zero-order chi connectivity index (χ0) is 14.3. The molecule has 0 saturated carbocycles. The lowest BCUT2D eigenvalue weighted by atomic mass is 10.1. The van der Waals surface area contributed by atoms with Gasteiger partial charge in [0.05, 0.1) is 13.2 Å². The number of benzene rings is 1. The predicted octanol–water partition coefficient (Wildman–Crippen LogP) is 3.32. The van der Waals surface area contributed by atoms with Crippen molar-refractivity contribution < 1.29 is 13.4 Å². The van der Waals surface area contributed by atoms with Crippen LogP contribution in [-0.4, -0.2) is 13.2 Å². The molecule has 0 unspecified atom stereocenters. The molecule has 0 spiro atoms. The molecule has 1 atom stereocenters. The van der Waals surface area contributed by atoms with E-state index in [1.54, 1.807) is 12.1 Å². The monoisotopic (exact) mass is 306 g/mol. The lowest BCUT2D eigenvalue weighted by Gasteiger charge is -2.36.